The van der Waals surface area contributed by atoms with Gasteiger partial charge < -0.3 is 4.90 Å². The smallest absolute Gasteiger partial charge is 0.101 e. The monoisotopic (exact) mass is 251 g/mol. The molecule has 19 heavy (non-hydrogen) atoms. The van der Waals surface area contributed by atoms with Gasteiger partial charge in [0.25, 0.3) is 0 Å². The topological polar surface area (TPSA) is 39.9 Å². The number of hydrogen-bond donors (Lipinski definition) is 0. The Balaban J connectivity index is 2.08. The van der Waals surface area contributed by atoms with Crippen molar-refractivity contribution in [1.82, 2.24) is 4.98 Å². The minimum atomic E-state index is 0.734. The van der Waals surface area contributed by atoms with Crippen LogP contribution in [0, 0.1) is 18.3 Å². The summed E-state index contributed by atoms with van der Waals surface area (Å²) in [5.41, 5.74) is 4.09. The Kier molecular flexibility index (Phi) is 4.15. The highest BCUT2D eigenvalue weighted by Crippen LogP contribution is 2.20. The summed E-state index contributed by atoms with van der Waals surface area (Å²) in [6.07, 6.45) is 4.56. The predicted molar refractivity (Wildman–Crippen MR) is 77.1 cm³/mol. The molecule has 0 spiro atoms. The van der Waals surface area contributed by atoms with Crippen molar-refractivity contribution >= 4 is 5.69 Å². The Bertz CT molecular complexity index is 585. The molecule has 0 bridgehead atoms. The fourth-order valence-corrected chi connectivity index (χ4v) is 2.04. The van der Waals surface area contributed by atoms with E-state index < -0.39 is 0 Å². The third-order valence-corrected chi connectivity index (χ3v) is 3.17. The van der Waals surface area contributed by atoms with Gasteiger partial charge in [-0.15, -0.1) is 0 Å². The quantitative estimate of drug-likeness (QED) is 0.838. The molecule has 1 aromatic heterocycles. The van der Waals surface area contributed by atoms with Gasteiger partial charge in [-0.1, -0.05) is 6.07 Å². The SMILES string of the molecule is Cc1ccc(N(C)CCc2ccncc2)c(C#N)c1. The third-order valence-electron chi connectivity index (χ3n) is 3.17. The third kappa shape index (κ3) is 3.32. The standard InChI is InChI=1S/C16H17N3/c1-13-3-4-16(15(11-13)12-17)19(2)10-7-14-5-8-18-9-6-14/h3-6,8-9,11H,7,10H2,1-2H3. The van der Waals surface area contributed by atoms with Crippen molar-refractivity contribution in [3.8, 4) is 6.07 Å². The highest BCUT2D eigenvalue weighted by atomic mass is 15.1. The molecule has 3 nitrogen and oxygen atoms in total. The van der Waals surface area contributed by atoms with E-state index in [4.69, 9.17) is 0 Å². The van der Waals surface area contributed by atoms with E-state index in [2.05, 4.69) is 16.0 Å². The molecule has 0 saturated carbocycles. The lowest BCUT2D eigenvalue weighted by molar-refractivity contribution is 0.873. The Labute approximate surface area is 114 Å². The second-order valence-electron chi connectivity index (χ2n) is 4.66. The molecule has 96 valence electrons. The summed E-state index contributed by atoms with van der Waals surface area (Å²) >= 11 is 0. The number of benzene rings is 1. The normalized spacial score (nSPS) is 9.95. The van der Waals surface area contributed by atoms with Crippen molar-refractivity contribution in [2.45, 2.75) is 13.3 Å². The summed E-state index contributed by atoms with van der Waals surface area (Å²) in [5.74, 6) is 0. The van der Waals surface area contributed by atoms with Crippen molar-refractivity contribution in [3.63, 3.8) is 0 Å². The number of nitriles is 1. The number of likely N-dealkylation sites (N-methyl/N-ethyl adjacent to an activating group) is 1. The number of nitrogens with zero attached hydrogens (tertiary/aromatic N) is 3. The molecule has 0 saturated heterocycles. The van der Waals surface area contributed by atoms with E-state index in [1.165, 1.54) is 5.56 Å². The van der Waals surface area contributed by atoms with Gasteiger partial charge in [0.1, 0.15) is 6.07 Å². The van der Waals surface area contributed by atoms with Crippen LogP contribution in [-0.2, 0) is 6.42 Å². The molecular weight excluding hydrogens is 234 g/mol. The zero-order valence-electron chi connectivity index (χ0n) is 11.3. The lowest BCUT2D eigenvalue weighted by Gasteiger charge is -2.20. The van der Waals surface area contributed by atoms with Crippen LogP contribution in [0.15, 0.2) is 42.7 Å². The summed E-state index contributed by atoms with van der Waals surface area (Å²) in [5, 5.41) is 9.19. The molecule has 3 heteroatoms. The van der Waals surface area contributed by atoms with Crippen LogP contribution < -0.4 is 4.90 Å². The zero-order valence-corrected chi connectivity index (χ0v) is 11.3. The molecule has 0 aliphatic heterocycles. The first-order valence-electron chi connectivity index (χ1n) is 6.31. The largest absolute Gasteiger partial charge is 0.373 e. The number of aromatic nitrogens is 1. The zero-order chi connectivity index (χ0) is 13.7. The van der Waals surface area contributed by atoms with Crippen LogP contribution in [0.1, 0.15) is 16.7 Å². The Morgan fingerprint density at radius 1 is 1.21 bits per heavy atom. The number of rotatable bonds is 4. The van der Waals surface area contributed by atoms with Crippen LogP contribution >= 0.6 is 0 Å². The summed E-state index contributed by atoms with van der Waals surface area (Å²) in [6, 6.07) is 12.3. The van der Waals surface area contributed by atoms with E-state index in [9.17, 15) is 5.26 Å². The molecule has 0 fully saturated rings. The number of hydrogen-bond acceptors (Lipinski definition) is 3. The maximum Gasteiger partial charge on any atom is 0.101 e. The molecule has 2 rings (SSSR count). The average Bonchev–Trinajstić information content (AvgIpc) is 2.45. The molecule has 0 aliphatic carbocycles. The summed E-state index contributed by atoms with van der Waals surface area (Å²) in [6.45, 7) is 2.88. The van der Waals surface area contributed by atoms with Crippen LogP contribution in [-0.4, -0.2) is 18.6 Å². The molecule has 1 heterocycles. The fraction of sp³-hybridized carbons (Fsp3) is 0.250. The van der Waals surface area contributed by atoms with Crippen LogP contribution in [0.5, 0.6) is 0 Å². The van der Waals surface area contributed by atoms with Crippen molar-refractivity contribution in [1.29, 1.82) is 5.26 Å². The summed E-state index contributed by atoms with van der Waals surface area (Å²) in [7, 11) is 2.02. The lowest BCUT2D eigenvalue weighted by Crippen LogP contribution is -2.21. The molecule has 0 unspecified atom stereocenters. The van der Waals surface area contributed by atoms with Crippen LogP contribution in [0.25, 0.3) is 0 Å². The van der Waals surface area contributed by atoms with E-state index in [1.807, 2.05) is 56.7 Å². The average molecular weight is 251 g/mol. The number of anilines is 1. The minimum absolute atomic E-state index is 0.734. The predicted octanol–water partition coefficient (Wildman–Crippen LogP) is 2.94. The van der Waals surface area contributed by atoms with Gasteiger partial charge in [0.05, 0.1) is 11.3 Å². The first-order valence-corrected chi connectivity index (χ1v) is 6.31. The molecular formula is C16H17N3. The van der Waals surface area contributed by atoms with E-state index in [0.717, 1.165) is 29.8 Å². The van der Waals surface area contributed by atoms with Gasteiger partial charge in [-0.2, -0.15) is 5.26 Å². The van der Waals surface area contributed by atoms with Crippen molar-refractivity contribution in [2.75, 3.05) is 18.5 Å². The molecule has 0 N–H and O–H groups in total. The van der Waals surface area contributed by atoms with Crippen molar-refractivity contribution in [3.05, 3.63) is 59.4 Å². The van der Waals surface area contributed by atoms with Gasteiger partial charge in [0.2, 0.25) is 0 Å². The van der Waals surface area contributed by atoms with E-state index in [0.29, 0.717) is 0 Å². The summed E-state index contributed by atoms with van der Waals surface area (Å²) < 4.78 is 0. The molecule has 0 aliphatic rings. The number of aryl methyl sites for hydroxylation is 1. The van der Waals surface area contributed by atoms with Gasteiger partial charge in [-0.05, 0) is 48.7 Å². The lowest BCUT2D eigenvalue weighted by atomic mass is 10.1. The summed E-state index contributed by atoms with van der Waals surface area (Å²) in [4.78, 5) is 6.13. The van der Waals surface area contributed by atoms with Crippen LogP contribution in [0.4, 0.5) is 5.69 Å². The van der Waals surface area contributed by atoms with E-state index >= 15 is 0 Å². The van der Waals surface area contributed by atoms with Gasteiger partial charge in [0.15, 0.2) is 0 Å². The number of pyridine rings is 1. The van der Waals surface area contributed by atoms with E-state index in [-0.39, 0.29) is 0 Å². The van der Waals surface area contributed by atoms with Crippen molar-refractivity contribution < 1.29 is 0 Å². The van der Waals surface area contributed by atoms with Crippen LogP contribution in [0.2, 0.25) is 0 Å². The molecule has 1 aromatic carbocycles. The highest BCUT2D eigenvalue weighted by molar-refractivity contribution is 5.60. The van der Waals surface area contributed by atoms with Gasteiger partial charge in [-0.3, -0.25) is 4.98 Å². The first kappa shape index (κ1) is 13.1. The maximum atomic E-state index is 9.19. The molecule has 0 amide bonds. The second-order valence-corrected chi connectivity index (χ2v) is 4.66. The molecule has 0 atom stereocenters. The Hall–Kier alpha value is -2.34. The Morgan fingerprint density at radius 2 is 1.95 bits per heavy atom. The van der Waals surface area contributed by atoms with Gasteiger partial charge in [-0.25, -0.2) is 0 Å². The Morgan fingerprint density at radius 3 is 2.63 bits per heavy atom. The molecule has 0 radical (unpaired) electrons. The van der Waals surface area contributed by atoms with E-state index in [1.54, 1.807) is 0 Å². The highest BCUT2D eigenvalue weighted by Gasteiger charge is 2.07. The van der Waals surface area contributed by atoms with Gasteiger partial charge >= 0.3 is 0 Å². The second kappa shape index (κ2) is 6.01. The van der Waals surface area contributed by atoms with Crippen molar-refractivity contribution in [2.24, 2.45) is 0 Å². The minimum Gasteiger partial charge on any atom is -0.373 e. The maximum absolute atomic E-state index is 9.19. The van der Waals surface area contributed by atoms with Crippen LogP contribution in [0.3, 0.4) is 0 Å². The molecule has 2 aromatic rings. The van der Waals surface area contributed by atoms with Gasteiger partial charge in [0, 0.05) is 26.0 Å². The first-order chi connectivity index (χ1) is 9.20. The fourth-order valence-electron chi connectivity index (χ4n) is 2.04.